The van der Waals surface area contributed by atoms with Gasteiger partial charge < -0.3 is 19.6 Å². The number of urea groups is 1. The minimum absolute atomic E-state index is 0.170. The largest absolute Gasteiger partial charge is 0.480 e. The van der Waals surface area contributed by atoms with Crippen LogP contribution in [0.4, 0.5) is 4.79 Å². The molecule has 1 saturated heterocycles. The molecule has 1 atom stereocenters. The third-order valence-corrected chi connectivity index (χ3v) is 3.54. The highest BCUT2D eigenvalue weighted by molar-refractivity contribution is 5.82. The lowest BCUT2D eigenvalue weighted by atomic mass is 9.97. The summed E-state index contributed by atoms with van der Waals surface area (Å²) in [4.78, 5) is 37.0. The number of aliphatic carboxylic acids is 1. The standard InChI is InChI=1S/C12H20N2O5/c1-8(10(15)16)13(2)12(18)14-6-4-9(5-7-14)11(17)19-3/h8-9H,4-7H2,1-3H3,(H,15,16). The van der Waals surface area contributed by atoms with Crippen LogP contribution in [0.5, 0.6) is 0 Å². The molecule has 0 saturated carbocycles. The molecule has 1 aliphatic heterocycles. The van der Waals surface area contributed by atoms with Crippen LogP contribution in [-0.4, -0.2) is 66.2 Å². The molecule has 7 heteroatoms. The lowest BCUT2D eigenvalue weighted by molar-refractivity contribution is -0.146. The van der Waals surface area contributed by atoms with E-state index in [4.69, 9.17) is 5.11 Å². The normalized spacial score (nSPS) is 17.7. The van der Waals surface area contributed by atoms with Crippen molar-refractivity contribution in [2.75, 3.05) is 27.2 Å². The number of nitrogens with zero attached hydrogens (tertiary/aromatic N) is 2. The van der Waals surface area contributed by atoms with Crippen LogP contribution in [0.2, 0.25) is 0 Å². The number of carboxylic acid groups (broad SMARTS) is 1. The lowest BCUT2D eigenvalue weighted by Crippen LogP contribution is -2.50. The van der Waals surface area contributed by atoms with Crippen molar-refractivity contribution in [3.8, 4) is 0 Å². The summed E-state index contributed by atoms with van der Waals surface area (Å²) in [6.07, 6.45) is 1.10. The number of carbonyl (C=O) groups excluding carboxylic acids is 2. The van der Waals surface area contributed by atoms with Gasteiger partial charge >= 0.3 is 18.0 Å². The molecule has 1 unspecified atom stereocenters. The summed E-state index contributed by atoms with van der Waals surface area (Å²) in [6.45, 7) is 2.34. The van der Waals surface area contributed by atoms with Crippen LogP contribution in [0.1, 0.15) is 19.8 Å². The Morgan fingerprint density at radius 2 is 1.84 bits per heavy atom. The Balaban J connectivity index is 2.53. The smallest absolute Gasteiger partial charge is 0.326 e. The summed E-state index contributed by atoms with van der Waals surface area (Å²) in [5, 5.41) is 8.87. The zero-order chi connectivity index (χ0) is 14.6. The first kappa shape index (κ1) is 15.3. The Morgan fingerprint density at radius 3 is 2.26 bits per heavy atom. The van der Waals surface area contributed by atoms with Gasteiger partial charge in [-0.2, -0.15) is 0 Å². The van der Waals surface area contributed by atoms with E-state index >= 15 is 0 Å². The number of likely N-dealkylation sites (N-methyl/N-ethyl adjacent to an activating group) is 1. The Bertz CT molecular complexity index is 363. The second-order valence-corrected chi connectivity index (χ2v) is 4.69. The van der Waals surface area contributed by atoms with E-state index in [2.05, 4.69) is 4.74 Å². The molecule has 7 nitrogen and oxygen atoms in total. The molecule has 1 rings (SSSR count). The van der Waals surface area contributed by atoms with Crippen LogP contribution in [-0.2, 0) is 14.3 Å². The monoisotopic (exact) mass is 272 g/mol. The highest BCUT2D eigenvalue weighted by atomic mass is 16.5. The van der Waals surface area contributed by atoms with Gasteiger partial charge in [0.05, 0.1) is 13.0 Å². The molecular formula is C12H20N2O5. The van der Waals surface area contributed by atoms with Gasteiger partial charge in [0.15, 0.2) is 0 Å². The molecule has 0 aromatic carbocycles. The lowest BCUT2D eigenvalue weighted by Gasteiger charge is -2.34. The maximum Gasteiger partial charge on any atom is 0.326 e. The number of esters is 1. The minimum Gasteiger partial charge on any atom is -0.480 e. The van der Waals surface area contributed by atoms with Gasteiger partial charge in [0.25, 0.3) is 0 Å². The van der Waals surface area contributed by atoms with Gasteiger partial charge in [0.2, 0.25) is 0 Å². The van der Waals surface area contributed by atoms with E-state index in [1.54, 1.807) is 4.90 Å². The molecule has 0 radical (unpaired) electrons. The van der Waals surface area contributed by atoms with Crippen LogP contribution in [0.3, 0.4) is 0 Å². The Labute approximate surface area is 112 Å². The molecular weight excluding hydrogens is 252 g/mol. The van der Waals surface area contributed by atoms with Gasteiger partial charge in [0.1, 0.15) is 6.04 Å². The van der Waals surface area contributed by atoms with Crippen LogP contribution in [0.15, 0.2) is 0 Å². The van der Waals surface area contributed by atoms with Crippen molar-refractivity contribution in [2.24, 2.45) is 5.92 Å². The fourth-order valence-electron chi connectivity index (χ4n) is 2.03. The Morgan fingerprint density at radius 1 is 1.32 bits per heavy atom. The molecule has 2 amide bonds. The van der Waals surface area contributed by atoms with E-state index < -0.39 is 12.0 Å². The van der Waals surface area contributed by atoms with Crippen molar-refractivity contribution in [3.63, 3.8) is 0 Å². The predicted molar refractivity (Wildman–Crippen MR) is 66.6 cm³/mol. The Kier molecular flexibility index (Phi) is 5.14. The maximum absolute atomic E-state index is 12.1. The maximum atomic E-state index is 12.1. The van der Waals surface area contributed by atoms with Crippen molar-refractivity contribution in [2.45, 2.75) is 25.8 Å². The van der Waals surface area contributed by atoms with Gasteiger partial charge in [-0.15, -0.1) is 0 Å². The first-order chi connectivity index (χ1) is 8.88. The van der Waals surface area contributed by atoms with E-state index in [-0.39, 0.29) is 17.9 Å². The summed E-state index contributed by atoms with van der Waals surface area (Å²) in [6, 6.07) is -1.19. The molecule has 108 valence electrons. The van der Waals surface area contributed by atoms with Crippen LogP contribution < -0.4 is 0 Å². The van der Waals surface area contributed by atoms with Crippen molar-refractivity contribution in [1.82, 2.24) is 9.80 Å². The molecule has 1 aliphatic rings. The zero-order valence-corrected chi connectivity index (χ0v) is 11.5. The molecule has 1 N–H and O–H groups in total. The average Bonchev–Trinajstić information content (AvgIpc) is 2.44. The van der Waals surface area contributed by atoms with E-state index in [9.17, 15) is 14.4 Å². The van der Waals surface area contributed by atoms with Gasteiger partial charge in [-0.05, 0) is 19.8 Å². The molecule has 19 heavy (non-hydrogen) atoms. The number of carbonyl (C=O) groups is 3. The summed E-state index contributed by atoms with van der Waals surface area (Å²) in [5.74, 6) is -1.46. The molecule has 1 fully saturated rings. The quantitative estimate of drug-likeness (QED) is 0.751. The molecule has 0 aliphatic carbocycles. The topological polar surface area (TPSA) is 87.2 Å². The fraction of sp³-hybridized carbons (Fsp3) is 0.750. The third-order valence-electron chi connectivity index (χ3n) is 3.54. The SMILES string of the molecule is COC(=O)C1CCN(C(=O)N(C)C(C)C(=O)O)CC1. The Hall–Kier alpha value is -1.79. The number of amides is 2. The summed E-state index contributed by atoms with van der Waals surface area (Å²) < 4.78 is 4.67. The minimum atomic E-state index is -1.04. The van der Waals surface area contributed by atoms with Crippen LogP contribution in [0.25, 0.3) is 0 Å². The second-order valence-electron chi connectivity index (χ2n) is 4.69. The number of hydrogen-bond acceptors (Lipinski definition) is 4. The number of hydrogen-bond donors (Lipinski definition) is 1. The molecule has 0 aromatic rings. The molecule has 1 heterocycles. The summed E-state index contributed by atoms with van der Waals surface area (Å²) >= 11 is 0. The van der Waals surface area contributed by atoms with Crippen molar-refractivity contribution >= 4 is 18.0 Å². The number of methoxy groups -OCH3 is 1. The molecule has 0 bridgehead atoms. The second kappa shape index (κ2) is 6.40. The van der Waals surface area contributed by atoms with Gasteiger partial charge in [0, 0.05) is 20.1 Å². The number of ether oxygens (including phenoxy) is 1. The highest BCUT2D eigenvalue weighted by Crippen LogP contribution is 2.19. The molecule has 0 spiro atoms. The van der Waals surface area contributed by atoms with Gasteiger partial charge in [-0.1, -0.05) is 0 Å². The average molecular weight is 272 g/mol. The number of piperidine rings is 1. The van der Waals surface area contributed by atoms with E-state index in [1.807, 2.05) is 0 Å². The summed E-state index contributed by atoms with van der Waals surface area (Å²) in [5.41, 5.74) is 0. The number of likely N-dealkylation sites (tertiary alicyclic amines) is 1. The predicted octanol–water partition coefficient (Wildman–Crippen LogP) is 0.396. The highest BCUT2D eigenvalue weighted by Gasteiger charge is 2.31. The zero-order valence-electron chi connectivity index (χ0n) is 11.5. The third kappa shape index (κ3) is 3.59. The van der Waals surface area contributed by atoms with Crippen molar-refractivity contribution < 1.29 is 24.2 Å². The van der Waals surface area contributed by atoms with Crippen LogP contribution in [0, 0.1) is 5.92 Å². The van der Waals surface area contributed by atoms with E-state index in [0.717, 1.165) is 0 Å². The number of carboxylic acids is 1. The summed E-state index contributed by atoms with van der Waals surface area (Å²) in [7, 11) is 2.82. The van der Waals surface area contributed by atoms with Crippen molar-refractivity contribution in [3.05, 3.63) is 0 Å². The van der Waals surface area contributed by atoms with Crippen LogP contribution >= 0.6 is 0 Å². The van der Waals surface area contributed by atoms with E-state index in [0.29, 0.717) is 25.9 Å². The fourth-order valence-corrected chi connectivity index (χ4v) is 2.03. The number of rotatable bonds is 3. The molecule has 0 aromatic heterocycles. The first-order valence-corrected chi connectivity index (χ1v) is 6.20. The first-order valence-electron chi connectivity index (χ1n) is 6.20. The van der Waals surface area contributed by atoms with Gasteiger partial charge in [-0.3, -0.25) is 4.79 Å². The van der Waals surface area contributed by atoms with Crippen molar-refractivity contribution in [1.29, 1.82) is 0 Å². The van der Waals surface area contributed by atoms with E-state index in [1.165, 1.54) is 26.0 Å². The van der Waals surface area contributed by atoms with Gasteiger partial charge in [-0.25, -0.2) is 9.59 Å².